The first kappa shape index (κ1) is 13.5. The molecule has 92 valence electrons. The van der Waals surface area contributed by atoms with Crippen molar-refractivity contribution in [2.75, 3.05) is 0 Å². The predicted octanol–water partition coefficient (Wildman–Crippen LogP) is 2.72. The highest BCUT2D eigenvalue weighted by Crippen LogP contribution is 2.21. The largest absolute Gasteiger partial charge is 0.393 e. The Labute approximate surface area is 102 Å². The zero-order valence-corrected chi connectivity index (χ0v) is 11.3. The summed E-state index contributed by atoms with van der Waals surface area (Å²) in [6.45, 7) is 6.04. The summed E-state index contributed by atoms with van der Waals surface area (Å²) in [5.74, 6) is 0.325. The Balaban J connectivity index is 2.49. The van der Waals surface area contributed by atoms with E-state index in [1.165, 1.54) is 0 Å². The average molecular weight is 245 g/mol. The fraction of sp³-hybridized carbons (Fsp3) is 0.750. The second-order valence-corrected chi connectivity index (χ2v) is 5.04. The van der Waals surface area contributed by atoms with Gasteiger partial charge in [-0.05, 0) is 32.1 Å². The van der Waals surface area contributed by atoms with Gasteiger partial charge in [0.2, 0.25) is 0 Å². The maximum Gasteiger partial charge on any atom is 0.130 e. The molecule has 0 aliphatic heterocycles. The summed E-state index contributed by atoms with van der Waals surface area (Å²) in [6.07, 6.45) is 2.45. The van der Waals surface area contributed by atoms with Crippen LogP contribution in [0.4, 0.5) is 0 Å². The second kappa shape index (κ2) is 5.69. The molecule has 1 aromatic rings. The Morgan fingerprint density at radius 2 is 2.06 bits per heavy atom. The molecular formula is C12H21ClN2O. The number of aromatic nitrogens is 2. The van der Waals surface area contributed by atoms with Crippen LogP contribution >= 0.6 is 11.6 Å². The van der Waals surface area contributed by atoms with E-state index >= 15 is 0 Å². The van der Waals surface area contributed by atoms with Crippen LogP contribution in [-0.2, 0) is 13.5 Å². The van der Waals surface area contributed by atoms with Gasteiger partial charge in [0.25, 0.3) is 0 Å². The van der Waals surface area contributed by atoms with Gasteiger partial charge in [-0.2, -0.15) is 5.10 Å². The summed E-state index contributed by atoms with van der Waals surface area (Å²) in [5.41, 5.74) is 2.10. The van der Waals surface area contributed by atoms with Gasteiger partial charge in [0.05, 0.1) is 11.8 Å². The van der Waals surface area contributed by atoms with Gasteiger partial charge in [-0.15, -0.1) is 0 Å². The molecule has 16 heavy (non-hydrogen) atoms. The first-order valence-electron chi connectivity index (χ1n) is 5.79. The van der Waals surface area contributed by atoms with Crippen molar-refractivity contribution in [1.82, 2.24) is 9.78 Å². The maximum absolute atomic E-state index is 9.69. The summed E-state index contributed by atoms with van der Waals surface area (Å²) < 4.78 is 1.70. The van der Waals surface area contributed by atoms with E-state index in [2.05, 4.69) is 5.10 Å². The minimum absolute atomic E-state index is 0.212. The van der Waals surface area contributed by atoms with Gasteiger partial charge in [-0.25, -0.2) is 0 Å². The molecule has 1 aromatic heterocycles. The minimum Gasteiger partial charge on any atom is -0.393 e. The van der Waals surface area contributed by atoms with E-state index in [0.717, 1.165) is 35.7 Å². The molecule has 0 saturated heterocycles. The maximum atomic E-state index is 9.69. The van der Waals surface area contributed by atoms with E-state index < -0.39 is 0 Å². The van der Waals surface area contributed by atoms with Crippen molar-refractivity contribution in [3.05, 3.63) is 16.4 Å². The molecule has 1 heterocycles. The molecule has 0 amide bonds. The monoisotopic (exact) mass is 244 g/mol. The van der Waals surface area contributed by atoms with Crippen LogP contribution in [0.15, 0.2) is 0 Å². The highest BCUT2D eigenvalue weighted by molar-refractivity contribution is 6.30. The average Bonchev–Trinajstić information content (AvgIpc) is 2.44. The molecule has 0 aliphatic carbocycles. The summed E-state index contributed by atoms with van der Waals surface area (Å²) in [7, 11) is 1.85. The zero-order chi connectivity index (χ0) is 12.3. The first-order valence-corrected chi connectivity index (χ1v) is 6.17. The van der Waals surface area contributed by atoms with Crippen LogP contribution in [0.1, 0.15) is 37.9 Å². The summed E-state index contributed by atoms with van der Waals surface area (Å²) >= 11 is 6.13. The lowest BCUT2D eigenvalue weighted by Gasteiger charge is -2.13. The lowest BCUT2D eigenvalue weighted by molar-refractivity contribution is 0.114. The van der Waals surface area contributed by atoms with E-state index in [0.29, 0.717) is 5.92 Å². The fourth-order valence-electron chi connectivity index (χ4n) is 1.78. The molecule has 0 aromatic carbocycles. The Morgan fingerprint density at radius 3 is 2.50 bits per heavy atom. The van der Waals surface area contributed by atoms with Gasteiger partial charge < -0.3 is 5.11 Å². The predicted molar refractivity (Wildman–Crippen MR) is 66.7 cm³/mol. The van der Waals surface area contributed by atoms with Crippen molar-refractivity contribution in [3.63, 3.8) is 0 Å². The van der Waals surface area contributed by atoms with Crippen LogP contribution in [0.25, 0.3) is 0 Å². The molecule has 3 nitrogen and oxygen atoms in total. The smallest absolute Gasteiger partial charge is 0.130 e. The molecule has 0 bridgehead atoms. The standard InChI is InChI=1S/C12H21ClN2O/c1-8(2)11(16)7-5-6-10-9(3)14-15(4)12(10)13/h8,11,16H,5-7H2,1-4H3. The SMILES string of the molecule is Cc1nn(C)c(Cl)c1CCCC(O)C(C)C. The van der Waals surface area contributed by atoms with Gasteiger partial charge in [0.15, 0.2) is 0 Å². The third-order valence-electron chi connectivity index (χ3n) is 2.97. The quantitative estimate of drug-likeness (QED) is 0.865. The summed E-state index contributed by atoms with van der Waals surface area (Å²) in [5, 5.41) is 14.7. The van der Waals surface area contributed by atoms with Crippen LogP contribution in [0, 0.1) is 12.8 Å². The van der Waals surface area contributed by atoms with Crippen LogP contribution in [-0.4, -0.2) is 21.0 Å². The third-order valence-corrected chi connectivity index (χ3v) is 3.44. The normalized spacial score (nSPS) is 13.4. The fourth-order valence-corrected chi connectivity index (χ4v) is 2.05. The number of aryl methyl sites for hydroxylation is 2. The van der Waals surface area contributed by atoms with Crippen molar-refractivity contribution in [2.24, 2.45) is 13.0 Å². The van der Waals surface area contributed by atoms with Crippen LogP contribution in [0.3, 0.4) is 0 Å². The molecule has 1 N–H and O–H groups in total. The molecule has 0 spiro atoms. The minimum atomic E-state index is -0.212. The van der Waals surface area contributed by atoms with Gasteiger partial charge >= 0.3 is 0 Å². The first-order chi connectivity index (χ1) is 7.43. The molecule has 0 saturated carbocycles. The molecule has 4 heteroatoms. The molecular weight excluding hydrogens is 224 g/mol. The zero-order valence-electron chi connectivity index (χ0n) is 10.5. The number of halogens is 1. The summed E-state index contributed by atoms with van der Waals surface area (Å²) in [4.78, 5) is 0. The van der Waals surface area contributed by atoms with Gasteiger partial charge in [0.1, 0.15) is 5.15 Å². The highest BCUT2D eigenvalue weighted by Gasteiger charge is 2.13. The highest BCUT2D eigenvalue weighted by atomic mass is 35.5. The van der Waals surface area contributed by atoms with Crippen LogP contribution in [0.5, 0.6) is 0 Å². The Hall–Kier alpha value is -0.540. The lowest BCUT2D eigenvalue weighted by Crippen LogP contribution is -2.14. The van der Waals surface area contributed by atoms with Crippen molar-refractivity contribution < 1.29 is 5.11 Å². The molecule has 0 aliphatic rings. The number of nitrogens with zero attached hydrogens (tertiary/aromatic N) is 2. The number of hydrogen-bond donors (Lipinski definition) is 1. The molecule has 0 radical (unpaired) electrons. The van der Waals surface area contributed by atoms with Crippen LogP contribution < -0.4 is 0 Å². The Bertz CT molecular complexity index is 347. The number of aliphatic hydroxyl groups excluding tert-OH is 1. The van der Waals surface area contributed by atoms with E-state index in [1.807, 2.05) is 27.8 Å². The number of rotatable bonds is 5. The lowest BCUT2D eigenvalue weighted by atomic mass is 10.00. The van der Waals surface area contributed by atoms with E-state index in [1.54, 1.807) is 4.68 Å². The van der Waals surface area contributed by atoms with Gasteiger partial charge in [-0.3, -0.25) is 4.68 Å². The molecule has 1 unspecified atom stereocenters. The van der Waals surface area contributed by atoms with E-state index in [4.69, 9.17) is 11.6 Å². The Kier molecular flexibility index (Phi) is 4.81. The van der Waals surface area contributed by atoms with Crippen molar-refractivity contribution in [1.29, 1.82) is 0 Å². The summed E-state index contributed by atoms with van der Waals surface area (Å²) in [6, 6.07) is 0. The van der Waals surface area contributed by atoms with Gasteiger partial charge in [-0.1, -0.05) is 25.4 Å². The van der Waals surface area contributed by atoms with Crippen molar-refractivity contribution in [2.45, 2.75) is 46.1 Å². The topological polar surface area (TPSA) is 38.0 Å². The van der Waals surface area contributed by atoms with Crippen LogP contribution in [0.2, 0.25) is 5.15 Å². The van der Waals surface area contributed by atoms with E-state index in [9.17, 15) is 5.11 Å². The van der Waals surface area contributed by atoms with E-state index in [-0.39, 0.29) is 6.10 Å². The number of hydrogen-bond acceptors (Lipinski definition) is 2. The van der Waals surface area contributed by atoms with Gasteiger partial charge in [0, 0.05) is 12.6 Å². The van der Waals surface area contributed by atoms with Crippen molar-refractivity contribution >= 4 is 11.6 Å². The number of aliphatic hydroxyl groups is 1. The molecule has 1 rings (SSSR count). The molecule has 0 fully saturated rings. The van der Waals surface area contributed by atoms with Crippen molar-refractivity contribution in [3.8, 4) is 0 Å². The molecule has 1 atom stereocenters. The third kappa shape index (κ3) is 3.22. The second-order valence-electron chi connectivity index (χ2n) is 4.68. The Morgan fingerprint density at radius 1 is 1.44 bits per heavy atom.